The monoisotopic (exact) mass is 420 g/mol. The molecule has 0 atom stereocenters. The van der Waals surface area contributed by atoms with Crippen LogP contribution >= 0.6 is 0 Å². The first-order chi connectivity index (χ1) is 15.3. The number of carbonyl (C=O) groups excluding carboxylic acids is 1. The van der Waals surface area contributed by atoms with Crippen molar-refractivity contribution in [3.05, 3.63) is 60.3 Å². The summed E-state index contributed by atoms with van der Waals surface area (Å²) in [6.45, 7) is 5.10. The highest BCUT2D eigenvalue weighted by Crippen LogP contribution is 2.31. The summed E-state index contributed by atoms with van der Waals surface area (Å²) >= 11 is 0. The number of rotatable bonds is 8. The van der Waals surface area contributed by atoms with Crippen LogP contribution in [0.2, 0.25) is 0 Å². The summed E-state index contributed by atoms with van der Waals surface area (Å²) in [5.74, 6) is 1.31. The van der Waals surface area contributed by atoms with Crippen molar-refractivity contribution in [2.24, 2.45) is 0 Å². The maximum atomic E-state index is 12.9. The van der Waals surface area contributed by atoms with E-state index < -0.39 is 0 Å². The Morgan fingerprint density at radius 1 is 1.10 bits per heavy atom. The van der Waals surface area contributed by atoms with Crippen LogP contribution in [0, 0.1) is 0 Å². The number of hydrogen-bond acceptors (Lipinski definition) is 6. The molecule has 1 fully saturated rings. The molecular formula is C24H28N4O3. The van der Waals surface area contributed by atoms with Gasteiger partial charge in [0.05, 0.1) is 31.6 Å². The average Bonchev–Trinajstić information content (AvgIpc) is 2.83. The summed E-state index contributed by atoms with van der Waals surface area (Å²) in [4.78, 5) is 19.8. The molecule has 1 aliphatic rings. The number of methoxy groups -OCH3 is 1. The Hall–Kier alpha value is -3.16. The van der Waals surface area contributed by atoms with Crippen LogP contribution in [0.3, 0.4) is 0 Å². The summed E-state index contributed by atoms with van der Waals surface area (Å²) < 4.78 is 10.8. The zero-order valence-electron chi connectivity index (χ0n) is 17.8. The van der Waals surface area contributed by atoms with E-state index in [1.807, 2.05) is 48.5 Å². The number of aromatic nitrogens is 1. The second kappa shape index (κ2) is 10.2. The first-order valence-corrected chi connectivity index (χ1v) is 10.6. The average molecular weight is 421 g/mol. The number of fused-ring (bicyclic) bond motifs is 1. The largest absolute Gasteiger partial charge is 0.495 e. The van der Waals surface area contributed by atoms with Gasteiger partial charge in [0.25, 0.3) is 5.91 Å². The van der Waals surface area contributed by atoms with E-state index in [2.05, 4.69) is 20.5 Å². The van der Waals surface area contributed by atoms with Crippen molar-refractivity contribution < 1.29 is 14.3 Å². The second-order valence-corrected chi connectivity index (χ2v) is 7.45. The molecule has 1 aromatic heterocycles. The summed E-state index contributed by atoms with van der Waals surface area (Å²) in [6, 6.07) is 15.5. The predicted molar refractivity (Wildman–Crippen MR) is 122 cm³/mol. The van der Waals surface area contributed by atoms with Crippen molar-refractivity contribution in [1.29, 1.82) is 0 Å². The van der Waals surface area contributed by atoms with Gasteiger partial charge in [0.15, 0.2) is 0 Å². The standard InChI is InChI=1S/C24H28N4O3/c1-30-22-10-5-4-9-21(22)27-23-19-8-3-2-7-18(19)20(17-26-23)24(29)25-11-6-12-28-13-15-31-16-14-28/h2-5,7-10,17H,6,11-16H2,1H3,(H,25,29)(H,26,27). The molecule has 0 spiro atoms. The highest BCUT2D eigenvalue weighted by atomic mass is 16.5. The van der Waals surface area contributed by atoms with Crippen molar-refractivity contribution >= 4 is 28.2 Å². The van der Waals surface area contributed by atoms with Crippen molar-refractivity contribution in [1.82, 2.24) is 15.2 Å². The molecule has 2 heterocycles. The number of carbonyl (C=O) groups is 1. The lowest BCUT2D eigenvalue weighted by Crippen LogP contribution is -2.38. The molecule has 2 N–H and O–H groups in total. The number of amides is 1. The van der Waals surface area contributed by atoms with Crippen LogP contribution in [0.1, 0.15) is 16.8 Å². The van der Waals surface area contributed by atoms with E-state index in [0.29, 0.717) is 17.9 Å². The molecule has 1 aliphatic heterocycles. The topological polar surface area (TPSA) is 75.7 Å². The molecule has 7 heteroatoms. The third-order valence-electron chi connectivity index (χ3n) is 5.44. The normalized spacial score (nSPS) is 14.4. The molecule has 0 bridgehead atoms. The Balaban J connectivity index is 1.46. The van der Waals surface area contributed by atoms with Gasteiger partial charge in [0.2, 0.25) is 0 Å². The lowest BCUT2D eigenvalue weighted by Gasteiger charge is -2.26. The fourth-order valence-electron chi connectivity index (χ4n) is 3.77. The summed E-state index contributed by atoms with van der Waals surface area (Å²) in [7, 11) is 1.64. The quantitative estimate of drug-likeness (QED) is 0.544. The van der Waals surface area contributed by atoms with Crippen LogP contribution in [-0.2, 0) is 4.74 Å². The zero-order valence-corrected chi connectivity index (χ0v) is 17.8. The highest BCUT2D eigenvalue weighted by molar-refractivity contribution is 6.09. The fraction of sp³-hybridized carbons (Fsp3) is 0.333. The molecule has 4 rings (SSSR count). The Morgan fingerprint density at radius 2 is 1.84 bits per heavy atom. The van der Waals surface area contributed by atoms with E-state index in [0.717, 1.165) is 61.5 Å². The van der Waals surface area contributed by atoms with Crippen molar-refractivity contribution in [3.63, 3.8) is 0 Å². The number of hydrogen-bond donors (Lipinski definition) is 2. The number of ether oxygens (including phenoxy) is 2. The maximum absolute atomic E-state index is 12.9. The van der Waals surface area contributed by atoms with Crippen molar-refractivity contribution in [2.75, 3.05) is 51.8 Å². The van der Waals surface area contributed by atoms with E-state index in [1.165, 1.54) is 0 Å². The molecule has 0 unspecified atom stereocenters. The predicted octanol–water partition coefficient (Wildman–Crippen LogP) is 3.44. The first kappa shape index (κ1) is 21.1. The molecule has 0 aliphatic carbocycles. The van der Waals surface area contributed by atoms with E-state index in [4.69, 9.17) is 9.47 Å². The minimum atomic E-state index is -0.102. The summed E-state index contributed by atoms with van der Waals surface area (Å²) in [5, 5.41) is 8.12. The fourth-order valence-corrected chi connectivity index (χ4v) is 3.77. The van der Waals surface area contributed by atoms with Crippen LogP contribution < -0.4 is 15.4 Å². The maximum Gasteiger partial charge on any atom is 0.253 e. The highest BCUT2D eigenvalue weighted by Gasteiger charge is 2.15. The van der Waals surface area contributed by atoms with Gasteiger partial charge in [-0.05, 0) is 30.5 Å². The van der Waals surface area contributed by atoms with Gasteiger partial charge in [-0.25, -0.2) is 4.98 Å². The Labute approximate surface area is 182 Å². The molecule has 1 amide bonds. The molecule has 2 aromatic carbocycles. The van der Waals surface area contributed by atoms with Gasteiger partial charge in [-0.15, -0.1) is 0 Å². The molecular weight excluding hydrogens is 392 g/mol. The lowest BCUT2D eigenvalue weighted by atomic mass is 10.1. The smallest absolute Gasteiger partial charge is 0.253 e. The second-order valence-electron chi connectivity index (χ2n) is 7.45. The minimum absolute atomic E-state index is 0.102. The van der Waals surface area contributed by atoms with E-state index in [1.54, 1.807) is 13.3 Å². The number of nitrogens with zero attached hydrogens (tertiary/aromatic N) is 2. The number of para-hydroxylation sites is 2. The molecule has 0 saturated carbocycles. The van der Waals surface area contributed by atoms with Crippen LogP contribution in [0.5, 0.6) is 5.75 Å². The SMILES string of the molecule is COc1ccccc1Nc1ncc(C(=O)NCCCN2CCOCC2)c2ccccc12. The Morgan fingerprint density at radius 3 is 2.65 bits per heavy atom. The van der Waals surface area contributed by atoms with Crippen LogP contribution in [0.15, 0.2) is 54.7 Å². The number of morpholine rings is 1. The number of nitrogens with one attached hydrogen (secondary N) is 2. The minimum Gasteiger partial charge on any atom is -0.495 e. The number of pyridine rings is 1. The van der Waals surface area contributed by atoms with Crippen molar-refractivity contribution in [2.45, 2.75) is 6.42 Å². The molecule has 7 nitrogen and oxygen atoms in total. The van der Waals surface area contributed by atoms with E-state index in [-0.39, 0.29) is 5.91 Å². The van der Waals surface area contributed by atoms with Gasteiger partial charge in [0, 0.05) is 31.2 Å². The number of anilines is 2. The van der Waals surface area contributed by atoms with Gasteiger partial charge in [-0.3, -0.25) is 9.69 Å². The Bertz CT molecular complexity index is 1030. The molecule has 1 saturated heterocycles. The molecule has 0 radical (unpaired) electrons. The lowest BCUT2D eigenvalue weighted by molar-refractivity contribution is 0.0374. The summed E-state index contributed by atoms with van der Waals surface area (Å²) in [6.07, 6.45) is 2.54. The Kier molecular flexibility index (Phi) is 6.96. The number of benzene rings is 2. The van der Waals surface area contributed by atoms with Gasteiger partial charge in [-0.1, -0.05) is 36.4 Å². The van der Waals surface area contributed by atoms with Gasteiger partial charge < -0.3 is 20.1 Å². The van der Waals surface area contributed by atoms with Crippen LogP contribution in [0.25, 0.3) is 10.8 Å². The third kappa shape index (κ3) is 5.13. The molecule has 162 valence electrons. The van der Waals surface area contributed by atoms with Gasteiger partial charge >= 0.3 is 0 Å². The van der Waals surface area contributed by atoms with E-state index in [9.17, 15) is 4.79 Å². The molecule has 31 heavy (non-hydrogen) atoms. The molecule has 3 aromatic rings. The van der Waals surface area contributed by atoms with Crippen LogP contribution in [-0.4, -0.2) is 62.3 Å². The first-order valence-electron chi connectivity index (χ1n) is 10.6. The van der Waals surface area contributed by atoms with Crippen molar-refractivity contribution in [3.8, 4) is 5.75 Å². The van der Waals surface area contributed by atoms with Gasteiger partial charge in [-0.2, -0.15) is 0 Å². The summed E-state index contributed by atoms with van der Waals surface area (Å²) in [5.41, 5.74) is 1.40. The van der Waals surface area contributed by atoms with E-state index >= 15 is 0 Å². The zero-order chi connectivity index (χ0) is 21.5. The van der Waals surface area contributed by atoms with Gasteiger partial charge in [0.1, 0.15) is 11.6 Å². The third-order valence-corrected chi connectivity index (χ3v) is 5.44. The van der Waals surface area contributed by atoms with Crippen LogP contribution in [0.4, 0.5) is 11.5 Å².